The number of halogens is 2. The van der Waals surface area contributed by atoms with Gasteiger partial charge in [-0.1, -0.05) is 62.2 Å². The third-order valence-corrected chi connectivity index (χ3v) is 6.22. The van der Waals surface area contributed by atoms with Crippen LogP contribution in [0.25, 0.3) is 0 Å². The number of carbonyl (C=O) groups excluding carboxylic acids is 1. The second-order valence-corrected chi connectivity index (χ2v) is 10.7. The lowest BCUT2D eigenvalue weighted by molar-refractivity contribution is -0.143. The van der Waals surface area contributed by atoms with Crippen LogP contribution >= 0.6 is 23.2 Å². The van der Waals surface area contributed by atoms with Gasteiger partial charge in [0.2, 0.25) is 0 Å². The minimum absolute atomic E-state index is 0.0412. The number of carbonyl (C=O) groups is 3. The maximum Gasteiger partial charge on any atom is 0.303 e. The van der Waals surface area contributed by atoms with Crippen molar-refractivity contribution >= 4 is 46.6 Å². The molecule has 4 N–H and O–H groups in total. The van der Waals surface area contributed by atoms with Gasteiger partial charge in [-0.25, -0.2) is 0 Å². The van der Waals surface area contributed by atoms with Crippen LogP contribution in [0.5, 0.6) is 0 Å². The van der Waals surface area contributed by atoms with E-state index in [1.807, 2.05) is 18.2 Å². The Morgan fingerprint density at radius 2 is 1.58 bits per heavy atom. The van der Waals surface area contributed by atoms with Gasteiger partial charge in [0.25, 0.3) is 0 Å². The van der Waals surface area contributed by atoms with E-state index in [2.05, 4.69) is 37.5 Å². The van der Waals surface area contributed by atoms with Crippen molar-refractivity contribution in [1.29, 1.82) is 0 Å². The van der Waals surface area contributed by atoms with E-state index in [9.17, 15) is 14.4 Å². The first-order valence-electron chi connectivity index (χ1n) is 11.9. The summed E-state index contributed by atoms with van der Waals surface area (Å²) in [5, 5.41) is 24.0. The van der Waals surface area contributed by atoms with Gasteiger partial charge in [-0.15, -0.1) is 0 Å². The van der Waals surface area contributed by atoms with Gasteiger partial charge in [0, 0.05) is 23.6 Å². The fourth-order valence-corrected chi connectivity index (χ4v) is 4.27. The van der Waals surface area contributed by atoms with Crippen molar-refractivity contribution < 1.29 is 24.6 Å². The standard InChI is InChI=1S/C23H28Cl2N2O.C4H6O4/c1-23(2,3)13-21(28)16-4-5-17(20(25)12-16)14-27-22-18-9-11-26-10-8-15(18)6-7-19(22)24;5-3(6)1-2-4(7)8/h4-7,12,26-27H,8-11,13-14H2,1-3H3;1-2H2,(H,5,6)(H,7,8). The highest BCUT2D eigenvalue weighted by molar-refractivity contribution is 6.33. The number of carboxylic acid groups (broad SMARTS) is 2. The predicted molar refractivity (Wildman–Crippen MR) is 143 cm³/mol. The summed E-state index contributed by atoms with van der Waals surface area (Å²) in [6, 6.07) is 9.67. The van der Waals surface area contributed by atoms with Gasteiger partial charge in [0.1, 0.15) is 0 Å². The summed E-state index contributed by atoms with van der Waals surface area (Å²) < 4.78 is 0. The molecule has 0 saturated heterocycles. The second-order valence-electron chi connectivity index (χ2n) is 9.92. The van der Waals surface area contributed by atoms with Crippen LogP contribution in [-0.4, -0.2) is 41.0 Å². The van der Waals surface area contributed by atoms with E-state index in [0.717, 1.165) is 42.2 Å². The molecule has 36 heavy (non-hydrogen) atoms. The van der Waals surface area contributed by atoms with Crippen LogP contribution in [0.4, 0.5) is 5.69 Å². The summed E-state index contributed by atoms with van der Waals surface area (Å²) in [7, 11) is 0. The monoisotopic (exact) mass is 536 g/mol. The molecule has 1 heterocycles. The molecule has 1 aliphatic rings. The molecule has 0 fully saturated rings. The van der Waals surface area contributed by atoms with Gasteiger partial charge >= 0.3 is 11.9 Å². The highest BCUT2D eigenvalue weighted by Gasteiger charge is 2.19. The van der Waals surface area contributed by atoms with Crippen LogP contribution in [0.1, 0.15) is 67.1 Å². The van der Waals surface area contributed by atoms with E-state index in [-0.39, 0.29) is 24.0 Å². The number of hydrogen-bond acceptors (Lipinski definition) is 5. The quantitative estimate of drug-likeness (QED) is 0.312. The fourth-order valence-electron chi connectivity index (χ4n) is 3.78. The Labute approximate surface area is 222 Å². The molecule has 0 saturated carbocycles. The predicted octanol–water partition coefficient (Wildman–Crippen LogP) is 5.85. The molecule has 0 unspecified atom stereocenters. The van der Waals surface area contributed by atoms with Gasteiger partial charge in [0.05, 0.1) is 23.6 Å². The second kappa shape index (κ2) is 13.6. The number of benzene rings is 2. The summed E-state index contributed by atoms with van der Waals surface area (Å²) in [5.41, 5.74) is 5.19. The number of ketones is 1. The molecule has 9 heteroatoms. The number of aliphatic carboxylic acids is 2. The summed E-state index contributed by atoms with van der Waals surface area (Å²) in [5.74, 6) is -2.03. The zero-order valence-electron chi connectivity index (χ0n) is 20.9. The first-order chi connectivity index (χ1) is 16.9. The van der Waals surface area contributed by atoms with E-state index < -0.39 is 11.9 Å². The molecule has 7 nitrogen and oxygen atoms in total. The molecule has 0 bridgehead atoms. The molecule has 1 aliphatic heterocycles. The fraction of sp³-hybridized carbons (Fsp3) is 0.444. The highest BCUT2D eigenvalue weighted by Crippen LogP contribution is 2.32. The Hall–Kier alpha value is -2.61. The lowest BCUT2D eigenvalue weighted by atomic mass is 9.88. The average molecular weight is 537 g/mol. The third kappa shape index (κ3) is 9.80. The Bertz CT molecular complexity index is 1080. The van der Waals surface area contributed by atoms with Gasteiger partial charge < -0.3 is 20.8 Å². The lowest BCUT2D eigenvalue weighted by Gasteiger charge is -2.18. The van der Waals surface area contributed by atoms with E-state index >= 15 is 0 Å². The van der Waals surface area contributed by atoms with Gasteiger partial charge in [0.15, 0.2) is 5.78 Å². The van der Waals surface area contributed by atoms with E-state index in [4.69, 9.17) is 33.4 Å². The van der Waals surface area contributed by atoms with Crippen LogP contribution in [0, 0.1) is 5.41 Å². The van der Waals surface area contributed by atoms with Gasteiger partial charge in [-0.3, -0.25) is 14.4 Å². The Balaban J connectivity index is 0.000000493. The summed E-state index contributed by atoms with van der Waals surface area (Å²) in [6.45, 7) is 8.69. The number of hydrogen-bond donors (Lipinski definition) is 4. The third-order valence-electron chi connectivity index (χ3n) is 5.56. The number of anilines is 1. The molecule has 0 amide bonds. The van der Waals surface area contributed by atoms with Crippen molar-refractivity contribution in [3.05, 3.63) is 62.6 Å². The summed E-state index contributed by atoms with van der Waals surface area (Å²) >= 11 is 13.0. The number of nitrogens with one attached hydrogen (secondary N) is 2. The van der Waals surface area contributed by atoms with E-state index in [1.165, 1.54) is 11.1 Å². The number of fused-ring (bicyclic) bond motifs is 1. The van der Waals surface area contributed by atoms with Gasteiger partial charge in [-0.05, 0) is 60.2 Å². The molecule has 0 aliphatic carbocycles. The van der Waals surface area contributed by atoms with Crippen LogP contribution in [-0.2, 0) is 29.0 Å². The minimum atomic E-state index is -1.08. The Morgan fingerprint density at radius 1 is 0.944 bits per heavy atom. The largest absolute Gasteiger partial charge is 0.481 e. The molecule has 0 radical (unpaired) electrons. The van der Waals surface area contributed by atoms with Crippen molar-refractivity contribution in [2.75, 3.05) is 18.4 Å². The van der Waals surface area contributed by atoms with E-state index in [1.54, 1.807) is 6.07 Å². The first kappa shape index (κ1) is 29.6. The van der Waals surface area contributed by atoms with Crippen LogP contribution in [0.3, 0.4) is 0 Å². The maximum absolute atomic E-state index is 12.4. The molecule has 0 spiro atoms. The normalized spacial score (nSPS) is 13.0. The molecule has 196 valence electrons. The molecule has 0 aromatic heterocycles. The highest BCUT2D eigenvalue weighted by atomic mass is 35.5. The zero-order chi connectivity index (χ0) is 26.9. The number of Topliss-reactive ketones (excluding diaryl/α,β-unsaturated/α-hetero) is 1. The smallest absolute Gasteiger partial charge is 0.303 e. The first-order valence-corrected chi connectivity index (χ1v) is 12.6. The molecule has 0 atom stereocenters. The maximum atomic E-state index is 12.4. The minimum Gasteiger partial charge on any atom is -0.481 e. The SMILES string of the molecule is CC(C)(C)CC(=O)c1ccc(CNc2c(Cl)ccc3c2CCNCC3)c(Cl)c1.O=C(O)CCC(=O)O. The van der Waals surface area contributed by atoms with Crippen molar-refractivity contribution in [2.45, 2.75) is 59.4 Å². The summed E-state index contributed by atoms with van der Waals surface area (Å²) in [6.07, 6.45) is 1.87. The van der Waals surface area contributed by atoms with Crippen molar-refractivity contribution in [1.82, 2.24) is 5.32 Å². The molecular formula is C27H34Cl2N2O5. The lowest BCUT2D eigenvalue weighted by Crippen LogP contribution is -2.16. The zero-order valence-corrected chi connectivity index (χ0v) is 22.4. The molecule has 2 aromatic carbocycles. The number of carboxylic acids is 2. The average Bonchev–Trinajstić information content (AvgIpc) is 3.03. The van der Waals surface area contributed by atoms with Crippen LogP contribution in [0.15, 0.2) is 30.3 Å². The molecule has 2 aromatic rings. The Kier molecular flexibility index (Phi) is 11.2. The van der Waals surface area contributed by atoms with Crippen molar-refractivity contribution in [2.24, 2.45) is 5.41 Å². The van der Waals surface area contributed by atoms with Crippen LogP contribution < -0.4 is 10.6 Å². The summed E-state index contributed by atoms with van der Waals surface area (Å²) in [4.78, 5) is 31.7. The van der Waals surface area contributed by atoms with Crippen LogP contribution in [0.2, 0.25) is 10.0 Å². The molecule has 3 rings (SSSR count). The Morgan fingerprint density at radius 3 is 2.17 bits per heavy atom. The topological polar surface area (TPSA) is 116 Å². The molecular weight excluding hydrogens is 503 g/mol. The number of rotatable bonds is 8. The van der Waals surface area contributed by atoms with Gasteiger partial charge in [-0.2, -0.15) is 0 Å². The van der Waals surface area contributed by atoms with Crippen molar-refractivity contribution in [3.63, 3.8) is 0 Å². The van der Waals surface area contributed by atoms with E-state index in [0.29, 0.717) is 23.6 Å². The van der Waals surface area contributed by atoms with Crippen molar-refractivity contribution in [3.8, 4) is 0 Å².